The van der Waals surface area contributed by atoms with E-state index in [0.717, 1.165) is 18.0 Å². The molecule has 0 atom stereocenters. The van der Waals surface area contributed by atoms with Crippen molar-refractivity contribution in [2.45, 2.75) is 30.5 Å². The molecule has 3 rings (SSSR count). The number of aromatic nitrogens is 4. The topological polar surface area (TPSA) is 96.5 Å². The van der Waals surface area contributed by atoms with E-state index in [1.54, 1.807) is 18.2 Å². The van der Waals surface area contributed by atoms with Crippen molar-refractivity contribution in [2.24, 2.45) is 0 Å². The Morgan fingerprint density at radius 1 is 1.52 bits per heavy atom. The summed E-state index contributed by atoms with van der Waals surface area (Å²) in [6.45, 7) is 0. The van der Waals surface area contributed by atoms with Gasteiger partial charge in [0.1, 0.15) is 6.07 Å². The van der Waals surface area contributed by atoms with Crippen molar-refractivity contribution in [2.75, 3.05) is 11.1 Å². The predicted molar refractivity (Wildman–Crippen MR) is 86.2 cm³/mol. The largest absolute Gasteiger partial charge is 0.326 e. The van der Waals surface area contributed by atoms with Crippen LogP contribution in [0.1, 0.15) is 30.9 Å². The Bertz CT molecular complexity index is 767. The number of halogens is 1. The Balaban J connectivity index is 1.49. The molecule has 1 aromatic carbocycles. The lowest BCUT2D eigenvalue weighted by Crippen LogP contribution is -2.12. The van der Waals surface area contributed by atoms with Gasteiger partial charge in [0.15, 0.2) is 0 Å². The van der Waals surface area contributed by atoms with E-state index >= 15 is 0 Å². The summed E-state index contributed by atoms with van der Waals surface area (Å²) >= 11 is 7.40. The molecular weight excluding hydrogens is 336 g/mol. The van der Waals surface area contributed by atoms with Gasteiger partial charge in [0.25, 0.3) is 0 Å². The minimum Gasteiger partial charge on any atom is -0.326 e. The van der Waals surface area contributed by atoms with Crippen LogP contribution in [0.3, 0.4) is 0 Å². The van der Waals surface area contributed by atoms with Crippen LogP contribution in [0.2, 0.25) is 5.02 Å². The summed E-state index contributed by atoms with van der Waals surface area (Å²) in [5.41, 5.74) is 0.957. The maximum Gasteiger partial charge on any atom is 0.225 e. The number of benzene rings is 1. The van der Waals surface area contributed by atoms with E-state index in [4.69, 9.17) is 16.9 Å². The first kappa shape index (κ1) is 15.8. The molecule has 0 bridgehead atoms. The molecule has 0 spiro atoms. The molecule has 1 aromatic heterocycles. The molecule has 1 fully saturated rings. The van der Waals surface area contributed by atoms with E-state index in [2.05, 4.69) is 20.8 Å². The van der Waals surface area contributed by atoms with Crippen LogP contribution in [0.15, 0.2) is 23.4 Å². The van der Waals surface area contributed by atoms with Gasteiger partial charge in [-0.2, -0.15) is 5.26 Å². The molecule has 7 nitrogen and oxygen atoms in total. The van der Waals surface area contributed by atoms with E-state index in [9.17, 15) is 4.79 Å². The van der Waals surface area contributed by atoms with Gasteiger partial charge in [0.2, 0.25) is 11.1 Å². The number of rotatable bonds is 6. The summed E-state index contributed by atoms with van der Waals surface area (Å²) in [5.74, 6) is 0.465. The van der Waals surface area contributed by atoms with Gasteiger partial charge in [-0.1, -0.05) is 23.4 Å². The highest BCUT2D eigenvalue weighted by Gasteiger charge is 2.27. The maximum absolute atomic E-state index is 11.9. The highest BCUT2D eigenvalue weighted by atomic mass is 35.5. The first-order valence-electron chi connectivity index (χ1n) is 7.07. The number of nitrogens with one attached hydrogen (secondary N) is 1. The number of amides is 1. The molecule has 2 aromatic rings. The third-order valence-electron chi connectivity index (χ3n) is 3.29. The van der Waals surface area contributed by atoms with Crippen molar-refractivity contribution in [1.82, 2.24) is 20.2 Å². The van der Waals surface area contributed by atoms with Gasteiger partial charge >= 0.3 is 0 Å². The zero-order valence-corrected chi connectivity index (χ0v) is 13.6. The van der Waals surface area contributed by atoms with Crippen molar-refractivity contribution in [3.63, 3.8) is 0 Å². The third kappa shape index (κ3) is 4.00. The van der Waals surface area contributed by atoms with Gasteiger partial charge in [-0.25, -0.2) is 4.68 Å². The van der Waals surface area contributed by atoms with Crippen molar-refractivity contribution < 1.29 is 4.79 Å². The minimum atomic E-state index is -0.122. The van der Waals surface area contributed by atoms with Crippen LogP contribution >= 0.6 is 23.4 Å². The van der Waals surface area contributed by atoms with Gasteiger partial charge in [0, 0.05) is 17.9 Å². The van der Waals surface area contributed by atoms with Crippen molar-refractivity contribution in [1.29, 1.82) is 5.26 Å². The normalized spacial score (nSPS) is 13.6. The Morgan fingerprint density at radius 2 is 2.35 bits per heavy atom. The third-order valence-corrected chi connectivity index (χ3v) is 4.54. The number of hydrogen-bond donors (Lipinski definition) is 1. The van der Waals surface area contributed by atoms with Crippen molar-refractivity contribution >= 4 is 35.0 Å². The predicted octanol–water partition coefficient (Wildman–Crippen LogP) is 2.65. The van der Waals surface area contributed by atoms with Crippen LogP contribution in [0.25, 0.3) is 0 Å². The molecule has 118 valence electrons. The number of thioether (sulfide) groups is 1. The number of anilines is 1. The molecule has 0 saturated heterocycles. The number of carbonyl (C=O) groups excluding carboxylic acids is 1. The van der Waals surface area contributed by atoms with Gasteiger partial charge < -0.3 is 5.32 Å². The van der Waals surface area contributed by atoms with Crippen molar-refractivity contribution in [3.05, 3.63) is 28.8 Å². The highest BCUT2D eigenvalue weighted by Crippen LogP contribution is 2.36. The van der Waals surface area contributed by atoms with Gasteiger partial charge in [-0.05, 0) is 41.5 Å². The summed E-state index contributed by atoms with van der Waals surface area (Å²) in [7, 11) is 0. The molecule has 1 N–H and O–H groups in total. The average Bonchev–Trinajstić information content (AvgIpc) is 3.27. The van der Waals surface area contributed by atoms with Crippen LogP contribution in [0.5, 0.6) is 0 Å². The summed E-state index contributed by atoms with van der Waals surface area (Å²) in [6.07, 6.45) is 2.55. The van der Waals surface area contributed by atoms with Crippen molar-refractivity contribution in [3.8, 4) is 6.07 Å². The second-order valence-corrected chi connectivity index (χ2v) is 6.56. The molecular formula is C14H13ClN6OS. The summed E-state index contributed by atoms with van der Waals surface area (Å²) < 4.78 is 1.82. The Labute approximate surface area is 142 Å². The summed E-state index contributed by atoms with van der Waals surface area (Å²) in [6, 6.07) is 7.20. The average molecular weight is 349 g/mol. The number of carbonyl (C=O) groups is 1. The fraction of sp³-hybridized carbons (Fsp3) is 0.357. The van der Waals surface area contributed by atoms with E-state index in [-0.39, 0.29) is 5.91 Å². The number of nitriles is 1. The van der Waals surface area contributed by atoms with Crippen LogP contribution in [0.4, 0.5) is 5.69 Å². The van der Waals surface area contributed by atoms with Gasteiger partial charge in [-0.15, -0.1) is 5.10 Å². The molecule has 23 heavy (non-hydrogen) atoms. The molecule has 0 unspecified atom stereocenters. The fourth-order valence-electron chi connectivity index (χ4n) is 1.97. The lowest BCUT2D eigenvalue weighted by molar-refractivity contribution is -0.115. The quantitative estimate of drug-likeness (QED) is 0.806. The van der Waals surface area contributed by atoms with Crippen LogP contribution < -0.4 is 5.32 Å². The monoisotopic (exact) mass is 348 g/mol. The zero-order valence-electron chi connectivity index (χ0n) is 12.1. The fourth-order valence-corrected chi connectivity index (χ4v) is 3.08. The summed E-state index contributed by atoms with van der Waals surface area (Å²) in [4.78, 5) is 11.9. The molecule has 0 aliphatic heterocycles. The van der Waals surface area contributed by atoms with Gasteiger partial charge in [0.05, 0.1) is 16.6 Å². The Morgan fingerprint density at radius 3 is 3.04 bits per heavy atom. The molecule has 1 aliphatic rings. The van der Waals surface area contributed by atoms with E-state index in [1.165, 1.54) is 11.8 Å². The van der Waals surface area contributed by atoms with E-state index in [0.29, 0.717) is 34.5 Å². The Hall–Kier alpha value is -2.11. The number of nitrogens with zero attached hydrogens (tertiary/aromatic N) is 5. The molecule has 1 saturated carbocycles. The zero-order chi connectivity index (χ0) is 16.2. The molecule has 1 aliphatic carbocycles. The first-order valence-corrected chi connectivity index (χ1v) is 8.44. The SMILES string of the molecule is N#Cc1ccc(NC(=O)CCSc2nnnn2C2CC2)cc1Cl. The number of hydrogen-bond acceptors (Lipinski definition) is 6. The smallest absolute Gasteiger partial charge is 0.225 e. The standard InChI is InChI=1S/C14H13ClN6OS/c15-12-7-10(2-1-9(12)8-16)17-13(22)5-6-23-14-18-19-20-21(14)11-3-4-11/h1-2,7,11H,3-6H2,(H,17,22). The molecule has 1 heterocycles. The van der Waals surface area contributed by atoms with E-state index in [1.807, 2.05) is 10.8 Å². The lowest BCUT2D eigenvalue weighted by Gasteiger charge is -2.06. The maximum atomic E-state index is 11.9. The molecule has 0 radical (unpaired) electrons. The van der Waals surface area contributed by atoms with Crippen LogP contribution in [0, 0.1) is 11.3 Å². The minimum absolute atomic E-state index is 0.122. The van der Waals surface area contributed by atoms with E-state index < -0.39 is 0 Å². The summed E-state index contributed by atoms with van der Waals surface area (Å²) in [5, 5.41) is 24.3. The Kier molecular flexibility index (Phi) is 4.79. The molecule has 1 amide bonds. The lowest BCUT2D eigenvalue weighted by atomic mass is 10.2. The first-order chi connectivity index (χ1) is 11.2. The number of tetrazole rings is 1. The molecule has 9 heteroatoms. The van der Waals surface area contributed by atoms with Gasteiger partial charge in [-0.3, -0.25) is 4.79 Å². The van der Waals surface area contributed by atoms with Crippen LogP contribution in [-0.2, 0) is 4.79 Å². The second kappa shape index (κ2) is 6.98. The second-order valence-electron chi connectivity index (χ2n) is 5.09. The highest BCUT2D eigenvalue weighted by molar-refractivity contribution is 7.99. The van der Waals surface area contributed by atoms with Crippen LogP contribution in [-0.4, -0.2) is 31.9 Å².